The van der Waals surface area contributed by atoms with Crippen molar-refractivity contribution in [3.05, 3.63) is 66.2 Å². The van der Waals surface area contributed by atoms with Crippen LogP contribution in [0.1, 0.15) is 5.56 Å². The summed E-state index contributed by atoms with van der Waals surface area (Å²) in [6.07, 6.45) is 4.14. The number of anilines is 2. The van der Waals surface area contributed by atoms with Crippen LogP contribution < -0.4 is 4.90 Å². The van der Waals surface area contributed by atoms with Crippen molar-refractivity contribution in [2.45, 2.75) is 6.23 Å². The molecule has 1 aliphatic heterocycles. The summed E-state index contributed by atoms with van der Waals surface area (Å²) in [4.78, 5) is 2.20. The minimum absolute atomic E-state index is 0.0534. The molecule has 2 heteroatoms. The van der Waals surface area contributed by atoms with Gasteiger partial charge in [-0.25, -0.2) is 0 Å². The van der Waals surface area contributed by atoms with Gasteiger partial charge in [0.2, 0.25) is 0 Å². The second kappa shape index (κ2) is 4.67. The Morgan fingerprint density at radius 3 is 2.44 bits per heavy atom. The van der Waals surface area contributed by atoms with Crippen molar-refractivity contribution in [3.63, 3.8) is 0 Å². The molecule has 0 aliphatic carbocycles. The van der Waals surface area contributed by atoms with E-state index in [2.05, 4.69) is 53.5 Å². The standard InChI is InChI=1S/C16H15NO/c1-18-16-12-11-13-7-5-6-10-15(13)17(16)14-8-3-2-4-9-14/h2-12,16H,1H3. The minimum atomic E-state index is -0.0534. The third kappa shape index (κ3) is 1.81. The van der Waals surface area contributed by atoms with Crippen molar-refractivity contribution in [2.24, 2.45) is 0 Å². The Balaban J connectivity index is 2.12. The summed E-state index contributed by atoms with van der Waals surface area (Å²) in [6, 6.07) is 18.7. The zero-order valence-corrected chi connectivity index (χ0v) is 10.3. The molecule has 0 bridgehead atoms. The number of benzene rings is 2. The molecule has 1 unspecified atom stereocenters. The lowest BCUT2D eigenvalue weighted by Gasteiger charge is -2.34. The summed E-state index contributed by atoms with van der Waals surface area (Å²) in [6.45, 7) is 0. The number of fused-ring (bicyclic) bond motifs is 1. The zero-order chi connectivity index (χ0) is 12.4. The lowest BCUT2D eigenvalue weighted by molar-refractivity contribution is 0.146. The topological polar surface area (TPSA) is 12.5 Å². The molecule has 0 fully saturated rings. The summed E-state index contributed by atoms with van der Waals surface area (Å²) in [5.41, 5.74) is 3.54. The Labute approximate surface area is 107 Å². The number of para-hydroxylation sites is 2. The fourth-order valence-electron chi connectivity index (χ4n) is 2.32. The first-order chi connectivity index (χ1) is 8.90. The normalized spacial score (nSPS) is 17.6. The molecule has 90 valence electrons. The van der Waals surface area contributed by atoms with Crippen LogP contribution in [-0.2, 0) is 4.74 Å². The highest BCUT2D eigenvalue weighted by Gasteiger charge is 2.22. The van der Waals surface area contributed by atoms with Gasteiger partial charge in [0.25, 0.3) is 0 Å². The first kappa shape index (κ1) is 11.1. The lowest BCUT2D eigenvalue weighted by Crippen LogP contribution is -2.33. The average molecular weight is 237 g/mol. The molecule has 3 rings (SSSR count). The predicted octanol–water partition coefficient (Wildman–Crippen LogP) is 3.82. The van der Waals surface area contributed by atoms with Gasteiger partial charge in [0, 0.05) is 12.8 Å². The Hall–Kier alpha value is -2.06. The summed E-state index contributed by atoms with van der Waals surface area (Å²) in [5, 5.41) is 0. The van der Waals surface area contributed by atoms with E-state index in [9.17, 15) is 0 Å². The number of rotatable bonds is 2. The molecule has 0 radical (unpaired) electrons. The van der Waals surface area contributed by atoms with Crippen molar-refractivity contribution in [2.75, 3.05) is 12.0 Å². The second-order valence-corrected chi connectivity index (χ2v) is 4.25. The van der Waals surface area contributed by atoms with Crippen LogP contribution >= 0.6 is 0 Å². The van der Waals surface area contributed by atoms with Crippen LogP contribution in [0.2, 0.25) is 0 Å². The molecule has 1 atom stereocenters. The highest BCUT2D eigenvalue weighted by molar-refractivity contribution is 5.78. The van der Waals surface area contributed by atoms with Crippen molar-refractivity contribution in [1.29, 1.82) is 0 Å². The molecule has 0 saturated carbocycles. The highest BCUT2D eigenvalue weighted by atomic mass is 16.5. The maximum absolute atomic E-state index is 5.55. The van der Waals surface area contributed by atoms with Crippen LogP contribution in [0.5, 0.6) is 0 Å². The van der Waals surface area contributed by atoms with Gasteiger partial charge in [0.1, 0.15) is 0 Å². The average Bonchev–Trinajstić information content (AvgIpc) is 2.47. The molecule has 0 aromatic heterocycles. The fraction of sp³-hybridized carbons (Fsp3) is 0.125. The smallest absolute Gasteiger partial charge is 0.153 e. The summed E-state index contributed by atoms with van der Waals surface area (Å²) in [5.74, 6) is 0. The van der Waals surface area contributed by atoms with E-state index in [-0.39, 0.29) is 6.23 Å². The molecular weight excluding hydrogens is 222 g/mol. The van der Waals surface area contributed by atoms with Gasteiger partial charge in [-0.1, -0.05) is 42.5 Å². The number of hydrogen-bond donors (Lipinski definition) is 0. The van der Waals surface area contributed by atoms with Gasteiger partial charge in [0.05, 0.1) is 5.69 Å². The number of hydrogen-bond acceptors (Lipinski definition) is 2. The Morgan fingerprint density at radius 1 is 0.944 bits per heavy atom. The van der Waals surface area contributed by atoms with Gasteiger partial charge >= 0.3 is 0 Å². The molecule has 0 N–H and O–H groups in total. The Kier molecular flexibility index (Phi) is 2.87. The molecule has 2 nitrogen and oxygen atoms in total. The van der Waals surface area contributed by atoms with E-state index in [0.29, 0.717) is 0 Å². The van der Waals surface area contributed by atoms with E-state index in [0.717, 1.165) is 5.69 Å². The van der Waals surface area contributed by atoms with Gasteiger partial charge in [-0.3, -0.25) is 0 Å². The lowest BCUT2D eigenvalue weighted by atomic mass is 10.1. The summed E-state index contributed by atoms with van der Waals surface area (Å²) < 4.78 is 5.55. The van der Waals surface area contributed by atoms with E-state index < -0.39 is 0 Å². The SMILES string of the molecule is COC1C=Cc2ccccc2N1c1ccccc1. The largest absolute Gasteiger partial charge is 0.358 e. The van der Waals surface area contributed by atoms with Crippen molar-refractivity contribution < 1.29 is 4.74 Å². The highest BCUT2D eigenvalue weighted by Crippen LogP contribution is 2.35. The van der Waals surface area contributed by atoms with E-state index in [4.69, 9.17) is 4.74 Å². The maximum atomic E-state index is 5.55. The fourth-order valence-corrected chi connectivity index (χ4v) is 2.32. The summed E-state index contributed by atoms with van der Waals surface area (Å²) in [7, 11) is 1.74. The predicted molar refractivity (Wildman–Crippen MR) is 74.9 cm³/mol. The van der Waals surface area contributed by atoms with Gasteiger partial charge in [-0.05, 0) is 29.8 Å². The molecule has 1 aliphatic rings. The second-order valence-electron chi connectivity index (χ2n) is 4.25. The molecular formula is C16H15NO. The molecule has 0 amide bonds. The van der Waals surface area contributed by atoms with Crippen LogP contribution in [-0.4, -0.2) is 13.3 Å². The van der Waals surface area contributed by atoms with Crippen LogP contribution in [0.4, 0.5) is 11.4 Å². The third-order valence-electron chi connectivity index (χ3n) is 3.17. The molecule has 0 saturated heterocycles. The van der Waals surface area contributed by atoms with Gasteiger partial charge in [-0.2, -0.15) is 0 Å². The molecule has 18 heavy (non-hydrogen) atoms. The van der Waals surface area contributed by atoms with E-state index in [1.165, 1.54) is 11.3 Å². The molecule has 1 heterocycles. The third-order valence-corrected chi connectivity index (χ3v) is 3.17. The molecule has 2 aromatic rings. The van der Waals surface area contributed by atoms with E-state index >= 15 is 0 Å². The summed E-state index contributed by atoms with van der Waals surface area (Å²) >= 11 is 0. The van der Waals surface area contributed by atoms with Gasteiger partial charge < -0.3 is 9.64 Å². The number of ether oxygens (including phenoxy) is 1. The van der Waals surface area contributed by atoms with Crippen LogP contribution in [0, 0.1) is 0 Å². The van der Waals surface area contributed by atoms with Crippen molar-refractivity contribution >= 4 is 17.5 Å². The minimum Gasteiger partial charge on any atom is -0.358 e. The number of methoxy groups -OCH3 is 1. The molecule has 0 spiro atoms. The van der Waals surface area contributed by atoms with E-state index in [1.54, 1.807) is 7.11 Å². The van der Waals surface area contributed by atoms with Gasteiger partial charge in [0.15, 0.2) is 6.23 Å². The monoisotopic (exact) mass is 237 g/mol. The van der Waals surface area contributed by atoms with Crippen molar-refractivity contribution in [1.82, 2.24) is 0 Å². The molecule has 2 aromatic carbocycles. The Bertz CT molecular complexity index is 562. The number of nitrogens with zero attached hydrogens (tertiary/aromatic N) is 1. The van der Waals surface area contributed by atoms with E-state index in [1.807, 2.05) is 18.2 Å². The first-order valence-electron chi connectivity index (χ1n) is 6.04. The quantitative estimate of drug-likeness (QED) is 0.787. The van der Waals surface area contributed by atoms with Crippen LogP contribution in [0.25, 0.3) is 6.08 Å². The Morgan fingerprint density at radius 2 is 1.67 bits per heavy atom. The first-order valence-corrected chi connectivity index (χ1v) is 6.04. The van der Waals surface area contributed by atoms with Gasteiger partial charge in [-0.15, -0.1) is 0 Å². The zero-order valence-electron chi connectivity index (χ0n) is 10.3. The van der Waals surface area contributed by atoms with Crippen LogP contribution in [0.3, 0.4) is 0 Å². The van der Waals surface area contributed by atoms with Crippen molar-refractivity contribution in [3.8, 4) is 0 Å². The maximum Gasteiger partial charge on any atom is 0.153 e. The van der Waals surface area contributed by atoms with Crippen LogP contribution in [0.15, 0.2) is 60.7 Å².